The van der Waals surface area contributed by atoms with Gasteiger partial charge in [0.05, 0.1) is 6.42 Å². The number of carboxylic acids is 1. The van der Waals surface area contributed by atoms with E-state index in [4.69, 9.17) is 0 Å². The van der Waals surface area contributed by atoms with Gasteiger partial charge in [0.25, 0.3) is 0 Å². The van der Waals surface area contributed by atoms with Crippen molar-refractivity contribution in [2.75, 3.05) is 0 Å². The molecule has 0 unspecified atom stereocenters. The standard InChI is InChI=1S/C23H21NO3/c25-22(16-17-7-3-1-4-8-17)24-21(23(26)27)15-18-11-13-20(14-12-18)19-9-5-2-6-10-19/h1-14,21H,15-16H2,(H,24,25)(H,26,27)/t21-/m1/s1. The first-order valence-corrected chi connectivity index (χ1v) is 8.82. The van der Waals surface area contributed by atoms with Gasteiger partial charge in [-0.05, 0) is 22.3 Å². The van der Waals surface area contributed by atoms with Gasteiger partial charge in [0.1, 0.15) is 6.04 Å². The summed E-state index contributed by atoms with van der Waals surface area (Å²) in [6.07, 6.45) is 0.405. The molecule has 0 fully saturated rings. The van der Waals surface area contributed by atoms with Gasteiger partial charge in [0, 0.05) is 6.42 Å². The van der Waals surface area contributed by atoms with Crippen LogP contribution in [-0.2, 0) is 22.4 Å². The molecule has 4 nitrogen and oxygen atoms in total. The van der Waals surface area contributed by atoms with E-state index in [-0.39, 0.29) is 18.7 Å². The smallest absolute Gasteiger partial charge is 0.326 e. The number of carbonyl (C=O) groups excluding carboxylic acids is 1. The van der Waals surface area contributed by atoms with Crippen molar-refractivity contribution < 1.29 is 14.7 Å². The Morgan fingerprint density at radius 2 is 1.30 bits per heavy atom. The van der Waals surface area contributed by atoms with Crippen molar-refractivity contribution in [2.24, 2.45) is 0 Å². The minimum Gasteiger partial charge on any atom is -0.480 e. The molecule has 0 aromatic heterocycles. The molecule has 0 radical (unpaired) electrons. The zero-order chi connectivity index (χ0) is 19.1. The van der Waals surface area contributed by atoms with Crippen molar-refractivity contribution in [3.63, 3.8) is 0 Å². The molecule has 0 saturated carbocycles. The summed E-state index contributed by atoms with van der Waals surface area (Å²) >= 11 is 0. The van der Waals surface area contributed by atoms with E-state index >= 15 is 0 Å². The average Bonchev–Trinajstić information content (AvgIpc) is 2.69. The van der Waals surface area contributed by atoms with Crippen LogP contribution in [0, 0.1) is 0 Å². The monoisotopic (exact) mass is 359 g/mol. The average molecular weight is 359 g/mol. The summed E-state index contributed by atoms with van der Waals surface area (Å²) in [6.45, 7) is 0. The molecule has 27 heavy (non-hydrogen) atoms. The van der Waals surface area contributed by atoms with Crippen LogP contribution in [0.25, 0.3) is 11.1 Å². The summed E-state index contributed by atoms with van der Waals surface area (Å²) in [5, 5.41) is 12.1. The largest absolute Gasteiger partial charge is 0.480 e. The van der Waals surface area contributed by atoms with Crippen LogP contribution < -0.4 is 5.32 Å². The van der Waals surface area contributed by atoms with Crippen LogP contribution in [0.4, 0.5) is 0 Å². The Morgan fingerprint density at radius 1 is 0.741 bits per heavy atom. The minimum atomic E-state index is -1.04. The van der Waals surface area contributed by atoms with Gasteiger partial charge in [-0.25, -0.2) is 4.79 Å². The molecular formula is C23H21NO3. The normalized spacial score (nSPS) is 11.6. The van der Waals surface area contributed by atoms with Gasteiger partial charge in [0.2, 0.25) is 5.91 Å². The Bertz CT molecular complexity index is 890. The van der Waals surface area contributed by atoms with Crippen molar-refractivity contribution in [1.82, 2.24) is 5.32 Å². The van der Waals surface area contributed by atoms with E-state index in [0.29, 0.717) is 0 Å². The summed E-state index contributed by atoms with van der Waals surface area (Å²) < 4.78 is 0. The van der Waals surface area contributed by atoms with Crippen LogP contribution in [0.15, 0.2) is 84.9 Å². The molecule has 136 valence electrons. The Labute approximate surface area is 158 Å². The van der Waals surface area contributed by atoms with Crippen molar-refractivity contribution in [3.8, 4) is 11.1 Å². The quantitative estimate of drug-likeness (QED) is 0.676. The van der Waals surface area contributed by atoms with Crippen LogP contribution in [-0.4, -0.2) is 23.0 Å². The highest BCUT2D eigenvalue weighted by Gasteiger charge is 2.20. The van der Waals surface area contributed by atoms with Crippen LogP contribution in [0.1, 0.15) is 11.1 Å². The second kappa shape index (κ2) is 8.81. The van der Waals surface area contributed by atoms with Gasteiger partial charge in [-0.3, -0.25) is 4.79 Å². The van der Waals surface area contributed by atoms with E-state index in [2.05, 4.69) is 5.32 Å². The molecule has 0 heterocycles. The Balaban J connectivity index is 1.64. The topological polar surface area (TPSA) is 66.4 Å². The number of carboxylic acid groups (broad SMARTS) is 1. The number of amides is 1. The summed E-state index contributed by atoms with van der Waals surface area (Å²) in [7, 11) is 0. The van der Waals surface area contributed by atoms with E-state index in [1.807, 2.05) is 84.9 Å². The summed E-state index contributed by atoms with van der Waals surface area (Å²) in [6, 6.07) is 26.0. The number of rotatable bonds is 7. The minimum absolute atomic E-state index is 0.164. The highest BCUT2D eigenvalue weighted by Crippen LogP contribution is 2.19. The fraction of sp³-hybridized carbons (Fsp3) is 0.130. The van der Waals surface area contributed by atoms with Gasteiger partial charge in [-0.1, -0.05) is 84.9 Å². The highest BCUT2D eigenvalue weighted by atomic mass is 16.4. The molecular weight excluding hydrogens is 338 g/mol. The lowest BCUT2D eigenvalue weighted by atomic mass is 10.0. The maximum atomic E-state index is 12.2. The molecule has 3 aromatic carbocycles. The van der Waals surface area contributed by atoms with Crippen molar-refractivity contribution in [3.05, 3.63) is 96.1 Å². The lowest BCUT2D eigenvalue weighted by Gasteiger charge is -2.15. The molecule has 0 spiro atoms. The first-order valence-electron chi connectivity index (χ1n) is 8.82. The maximum absolute atomic E-state index is 12.2. The molecule has 1 atom stereocenters. The maximum Gasteiger partial charge on any atom is 0.326 e. The van der Waals surface area contributed by atoms with Gasteiger partial charge in [-0.2, -0.15) is 0 Å². The first kappa shape index (κ1) is 18.4. The fourth-order valence-electron chi connectivity index (χ4n) is 2.93. The van der Waals surface area contributed by atoms with Gasteiger partial charge >= 0.3 is 5.97 Å². The van der Waals surface area contributed by atoms with E-state index in [1.54, 1.807) is 0 Å². The summed E-state index contributed by atoms with van der Waals surface area (Å²) in [4.78, 5) is 23.7. The summed E-state index contributed by atoms with van der Waals surface area (Å²) in [5.74, 6) is -1.34. The van der Waals surface area contributed by atoms with Gasteiger partial charge in [0.15, 0.2) is 0 Å². The third kappa shape index (κ3) is 5.28. The number of aliphatic carboxylic acids is 1. The molecule has 0 aliphatic carbocycles. The molecule has 2 N–H and O–H groups in total. The van der Waals surface area contributed by atoms with E-state index in [1.165, 1.54) is 0 Å². The third-order valence-corrected chi connectivity index (χ3v) is 4.34. The van der Waals surface area contributed by atoms with Crippen molar-refractivity contribution in [2.45, 2.75) is 18.9 Å². The SMILES string of the molecule is O=C(Cc1ccccc1)N[C@H](Cc1ccc(-c2ccccc2)cc1)C(=O)O. The zero-order valence-electron chi connectivity index (χ0n) is 14.8. The lowest BCUT2D eigenvalue weighted by Crippen LogP contribution is -2.43. The van der Waals surface area contributed by atoms with Gasteiger partial charge < -0.3 is 10.4 Å². The van der Waals surface area contributed by atoms with E-state index in [0.717, 1.165) is 22.3 Å². The third-order valence-electron chi connectivity index (χ3n) is 4.34. The number of carbonyl (C=O) groups is 2. The zero-order valence-corrected chi connectivity index (χ0v) is 14.8. The number of benzene rings is 3. The van der Waals surface area contributed by atoms with Gasteiger partial charge in [-0.15, -0.1) is 0 Å². The highest BCUT2D eigenvalue weighted by molar-refractivity contribution is 5.85. The Kier molecular flexibility index (Phi) is 6.00. The van der Waals surface area contributed by atoms with E-state index < -0.39 is 12.0 Å². The van der Waals surface area contributed by atoms with E-state index in [9.17, 15) is 14.7 Å². The number of hydrogen-bond donors (Lipinski definition) is 2. The molecule has 3 rings (SSSR count). The Hall–Kier alpha value is -3.40. The fourth-order valence-corrected chi connectivity index (χ4v) is 2.93. The molecule has 0 aliphatic rings. The second-order valence-electron chi connectivity index (χ2n) is 6.39. The number of hydrogen-bond acceptors (Lipinski definition) is 2. The molecule has 0 aliphatic heterocycles. The van der Waals surface area contributed by atoms with Crippen LogP contribution in [0.3, 0.4) is 0 Å². The molecule has 1 amide bonds. The molecule has 0 saturated heterocycles. The predicted molar refractivity (Wildman–Crippen MR) is 105 cm³/mol. The molecule has 3 aromatic rings. The van der Waals surface area contributed by atoms with Crippen molar-refractivity contribution in [1.29, 1.82) is 0 Å². The number of nitrogens with one attached hydrogen (secondary N) is 1. The second-order valence-corrected chi connectivity index (χ2v) is 6.39. The van der Waals surface area contributed by atoms with Crippen molar-refractivity contribution >= 4 is 11.9 Å². The van der Waals surface area contributed by atoms with Crippen LogP contribution in [0.2, 0.25) is 0 Å². The van der Waals surface area contributed by atoms with Crippen LogP contribution in [0.5, 0.6) is 0 Å². The summed E-state index contributed by atoms with van der Waals surface area (Å²) in [5.41, 5.74) is 3.89. The first-order chi connectivity index (χ1) is 13.1. The lowest BCUT2D eigenvalue weighted by molar-refractivity contribution is -0.141. The predicted octanol–water partition coefficient (Wildman–Crippen LogP) is 3.71. The molecule has 4 heteroatoms. The Morgan fingerprint density at radius 3 is 1.89 bits per heavy atom. The van der Waals surface area contributed by atoms with Crippen LogP contribution >= 0.6 is 0 Å². The molecule has 0 bridgehead atoms.